The van der Waals surface area contributed by atoms with E-state index in [2.05, 4.69) is 0 Å². The van der Waals surface area contributed by atoms with E-state index < -0.39 is 0 Å². The van der Waals surface area contributed by atoms with Gasteiger partial charge in [0.1, 0.15) is 0 Å². The monoisotopic (exact) mass is 295 g/mol. The standard InChI is InChI=1S/3C2H3N.2ClH.Ru/c3*1-2-3;;;/h3*1H3;2*1H;/q;;;;;+2/p-2. The molecule has 0 aliphatic carbocycles. The van der Waals surface area contributed by atoms with Gasteiger partial charge in [-0.25, -0.2) is 0 Å². The van der Waals surface area contributed by atoms with Gasteiger partial charge in [0.25, 0.3) is 0 Å². The Morgan fingerprint density at radius 3 is 0.833 bits per heavy atom. The van der Waals surface area contributed by atoms with Crippen LogP contribution >= 0.6 is 19.4 Å². The van der Waals surface area contributed by atoms with E-state index in [1.165, 1.54) is 20.8 Å². The van der Waals surface area contributed by atoms with Crippen molar-refractivity contribution in [1.29, 1.82) is 15.8 Å². The van der Waals surface area contributed by atoms with Gasteiger partial charge < -0.3 is 0 Å². The topological polar surface area (TPSA) is 71.4 Å². The van der Waals surface area contributed by atoms with Crippen LogP contribution in [0.15, 0.2) is 0 Å². The fourth-order valence-corrected chi connectivity index (χ4v) is 0. The molecule has 0 fully saturated rings. The molecule has 0 saturated heterocycles. The first-order valence-corrected chi connectivity index (χ1v) is 6.91. The SMILES string of the molecule is CC#N.CC#N.CC#N.[Cl][Ru][Cl]. The number of nitrogens with zero attached hydrogens (tertiary/aromatic N) is 3. The van der Waals surface area contributed by atoms with Crippen molar-refractivity contribution in [3.05, 3.63) is 0 Å². The van der Waals surface area contributed by atoms with Crippen LogP contribution in [0.3, 0.4) is 0 Å². The molecular weight excluding hydrogens is 286 g/mol. The van der Waals surface area contributed by atoms with E-state index in [9.17, 15) is 0 Å². The Hall–Kier alpha value is -0.327. The Bertz CT molecular complexity index is 125. The number of hydrogen-bond acceptors (Lipinski definition) is 3. The second kappa shape index (κ2) is 74.0. The summed E-state index contributed by atoms with van der Waals surface area (Å²) in [5.41, 5.74) is 0. The van der Waals surface area contributed by atoms with Gasteiger partial charge in [0.15, 0.2) is 0 Å². The van der Waals surface area contributed by atoms with Gasteiger partial charge in [-0.1, -0.05) is 0 Å². The fourth-order valence-electron chi connectivity index (χ4n) is 0. The van der Waals surface area contributed by atoms with Gasteiger partial charge in [-0.15, -0.1) is 0 Å². The van der Waals surface area contributed by atoms with Crippen molar-refractivity contribution >= 4 is 19.4 Å². The minimum absolute atomic E-state index is 0.346. The molecule has 3 nitrogen and oxygen atoms in total. The Labute approximate surface area is 89.2 Å². The molecule has 0 aromatic carbocycles. The van der Waals surface area contributed by atoms with Crippen molar-refractivity contribution in [1.82, 2.24) is 0 Å². The zero-order chi connectivity index (χ0) is 10.8. The van der Waals surface area contributed by atoms with Gasteiger partial charge in [0.05, 0.1) is 18.2 Å². The Kier molecular flexibility index (Phi) is 139. The van der Waals surface area contributed by atoms with Gasteiger partial charge in [-0.05, 0) is 0 Å². The molecule has 0 aliphatic rings. The van der Waals surface area contributed by atoms with Crippen LogP contribution in [-0.4, -0.2) is 0 Å². The van der Waals surface area contributed by atoms with E-state index in [-0.39, 0.29) is 15.1 Å². The molecule has 0 aromatic rings. The molecule has 0 radical (unpaired) electrons. The van der Waals surface area contributed by atoms with Crippen molar-refractivity contribution in [3.8, 4) is 18.2 Å². The fraction of sp³-hybridized carbons (Fsp3) is 0.500. The van der Waals surface area contributed by atoms with E-state index in [1.54, 1.807) is 18.2 Å². The predicted octanol–water partition coefficient (Wildman–Crippen LogP) is 2.97. The number of hydrogen-bond donors (Lipinski definition) is 0. The van der Waals surface area contributed by atoms with Crippen molar-refractivity contribution in [2.75, 3.05) is 0 Å². The van der Waals surface area contributed by atoms with E-state index in [1.807, 2.05) is 0 Å². The molecule has 6 heteroatoms. The molecule has 0 amide bonds. The second-order valence-electron chi connectivity index (χ2n) is 0.721. The summed E-state index contributed by atoms with van der Waals surface area (Å²) in [5, 5.41) is 22.0. The molecule has 0 atom stereocenters. The van der Waals surface area contributed by atoms with Crippen molar-refractivity contribution in [2.24, 2.45) is 0 Å². The molecule has 0 saturated carbocycles. The van der Waals surface area contributed by atoms with Gasteiger partial charge in [-0.2, -0.15) is 15.8 Å². The molecule has 0 heterocycles. The number of rotatable bonds is 0. The van der Waals surface area contributed by atoms with E-state index in [0.29, 0.717) is 0 Å². The third kappa shape index (κ3) is 6820. The van der Waals surface area contributed by atoms with Crippen LogP contribution in [0.5, 0.6) is 0 Å². The molecule has 0 unspecified atom stereocenters. The molecule has 0 spiro atoms. The van der Waals surface area contributed by atoms with Crippen LogP contribution in [0.2, 0.25) is 0 Å². The Morgan fingerprint density at radius 1 is 0.833 bits per heavy atom. The van der Waals surface area contributed by atoms with Crippen molar-refractivity contribution in [2.45, 2.75) is 20.8 Å². The summed E-state index contributed by atoms with van der Waals surface area (Å²) in [4.78, 5) is 0. The Morgan fingerprint density at radius 2 is 0.833 bits per heavy atom. The van der Waals surface area contributed by atoms with E-state index >= 15 is 0 Å². The molecule has 0 rings (SSSR count). The molecule has 0 aromatic heterocycles. The van der Waals surface area contributed by atoms with Gasteiger partial charge in [0.2, 0.25) is 0 Å². The first-order chi connectivity index (χ1) is 5.66. The first kappa shape index (κ1) is 22.6. The van der Waals surface area contributed by atoms with Gasteiger partial charge in [-0.3, -0.25) is 0 Å². The van der Waals surface area contributed by atoms with E-state index in [0.717, 1.165) is 0 Å². The van der Waals surface area contributed by atoms with Gasteiger partial charge >= 0.3 is 34.5 Å². The maximum absolute atomic E-state index is 7.32. The van der Waals surface area contributed by atoms with Crippen molar-refractivity contribution < 1.29 is 15.1 Å². The van der Waals surface area contributed by atoms with Crippen LogP contribution in [-0.2, 0) is 15.1 Å². The summed E-state index contributed by atoms with van der Waals surface area (Å²) in [5.74, 6) is 0. The molecular formula is C6H9Cl2N3Ru. The van der Waals surface area contributed by atoms with Crippen LogP contribution in [0, 0.1) is 34.0 Å². The molecule has 0 N–H and O–H groups in total. The van der Waals surface area contributed by atoms with Crippen LogP contribution in [0.4, 0.5) is 0 Å². The van der Waals surface area contributed by atoms with Crippen LogP contribution in [0.25, 0.3) is 0 Å². The predicted molar refractivity (Wildman–Crippen MR) is 45.6 cm³/mol. The zero-order valence-electron chi connectivity index (χ0n) is 6.95. The maximum atomic E-state index is 7.32. The summed E-state index contributed by atoms with van der Waals surface area (Å²) >= 11 is -0.346. The number of nitriles is 3. The summed E-state index contributed by atoms with van der Waals surface area (Å²) < 4.78 is 0. The Balaban J connectivity index is -0.0000000356. The quantitative estimate of drug-likeness (QED) is 0.645. The molecule has 0 bridgehead atoms. The molecule has 12 heavy (non-hydrogen) atoms. The summed E-state index contributed by atoms with van der Waals surface area (Å²) in [7, 11) is 9.71. The van der Waals surface area contributed by atoms with Crippen molar-refractivity contribution in [3.63, 3.8) is 0 Å². The third-order valence-electron chi connectivity index (χ3n) is 0. The molecule has 0 aliphatic heterocycles. The third-order valence-corrected chi connectivity index (χ3v) is 0. The summed E-state index contributed by atoms with van der Waals surface area (Å²) in [6.07, 6.45) is 0. The van der Waals surface area contributed by atoms with E-state index in [4.69, 9.17) is 35.2 Å². The molecule has 70 valence electrons. The minimum atomic E-state index is -0.346. The normalized spacial score (nSPS) is 3.83. The average molecular weight is 295 g/mol. The van der Waals surface area contributed by atoms with Crippen LogP contribution < -0.4 is 0 Å². The zero-order valence-corrected chi connectivity index (χ0v) is 10.2. The summed E-state index contributed by atoms with van der Waals surface area (Å²) in [6.45, 7) is 4.29. The van der Waals surface area contributed by atoms with Gasteiger partial charge in [0, 0.05) is 20.8 Å². The number of halogens is 2. The first-order valence-electron chi connectivity index (χ1n) is 2.44. The average Bonchev–Trinajstić information content (AvgIpc) is 1.92. The second-order valence-corrected chi connectivity index (χ2v) is 3.36. The summed E-state index contributed by atoms with van der Waals surface area (Å²) in [6, 6.07) is 5.25. The van der Waals surface area contributed by atoms with Crippen LogP contribution in [0.1, 0.15) is 20.8 Å².